The molecule has 0 atom stereocenters. The van der Waals surface area contributed by atoms with Gasteiger partial charge in [-0.05, 0) is 37.6 Å². The minimum atomic E-state index is 0.274. The highest BCUT2D eigenvalue weighted by atomic mass is 32.1. The lowest BCUT2D eigenvalue weighted by Crippen LogP contribution is -2.38. The number of rotatable bonds is 4. The van der Waals surface area contributed by atoms with E-state index in [1.165, 1.54) is 4.88 Å². The summed E-state index contributed by atoms with van der Waals surface area (Å²) in [6.07, 6.45) is 3.43. The second-order valence-electron chi connectivity index (χ2n) is 6.12. The van der Waals surface area contributed by atoms with Crippen molar-refractivity contribution in [3.8, 4) is 0 Å². The molecule has 1 fully saturated rings. The monoisotopic (exact) mass is 361 g/mol. The standard InChI is InChI=1S/C16H19N5OS2/c1-11-17-18-16-21(11)19-15(24-16)12-6-8-20(9-7-12)14(22)5-4-13-3-2-10-23-13/h2-3,10,12H,4-9H2,1H3. The molecule has 6 nitrogen and oxygen atoms in total. The number of hydrogen-bond donors (Lipinski definition) is 0. The zero-order valence-electron chi connectivity index (χ0n) is 13.5. The highest BCUT2D eigenvalue weighted by molar-refractivity contribution is 7.16. The summed E-state index contributed by atoms with van der Waals surface area (Å²) in [6, 6.07) is 4.14. The minimum absolute atomic E-state index is 0.274. The van der Waals surface area contributed by atoms with Crippen LogP contribution in [-0.4, -0.2) is 43.7 Å². The van der Waals surface area contributed by atoms with E-state index in [1.54, 1.807) is 22.7 Å². The van der Waals surface area contributed by atoms with Crippen molar-refractivity contribution in [2.45, 2.75) is 38.5 Å². The highest BCUT2D eigenvalue weighted by Crippen LogP contribution is 2.31. The van der Waals surface area contributed by atoms with Crippen LogP contribution >= 0.6 is 22.7 Å². The molecule has 0 spiro atoms. The van der Waals surface area contributed by atoms with Crippen LogP contribution in [0.5, 0.6) is 0 Å². The average molecular weight is 361 g/mol. The predicted molar refractivity (Wildman–Crippen MR) is 94.6 cm³/mol. The van der Waals surface area contributed by atoms with Gasteiger partial charge in [-0.25, -0.2) is 0 Å². The van der Waals surface area contributed by atoms with Gasteiger partial charge in [0.1, 0.15) is 5.01 Å². The van der Waals surface area contributed by atoms with Crippen LogP contribution < -0.4 is 0 Å². The third kappa shape index (κ3) is 3.08. The van der Waals surface area contributed by atoms with E-state index in [0.717, 1.165) is 48.1 Å². The molecule has 1 amide bonds. The van der Waals surface area contributed by atoms with E-state index in [0.29, 0.717) is 12.3 Å². The topological polar surface area (TPSA) is 63.4 Å². The van der Waals surface area contributed by atoms with Crippen LogP contribution in [0, 0.1) is 6.92 Å². The van der Waals surface area contributed by atoms with Crippen LogP contribution in [0.25, 0.3) is 4.96 Å². The fraction of sp³-hybridized carbons (Fsp3) is 0.500. The van der Waals surface area contributed by atoms with E-state index in [4.69, 9.17) is 0 Å². The summed E-state index contributed by atoms with van der Waals surface area (Å²) in [5.74, 6) is 1.53. The molecule has 8 heteroatoms. The second kappa shape index (κ2) is 6.60. The van der Waals surface area contributed by atoms with E-state index in [9.17, 15) is 4.79 Å². The van der Waals surface area contributed by atoms with Crippen LogP contribution in [0.4, 0.5) is 0 Å². The molecule has 0 bridgehead atoms. The van der Waals surface area contributed by atoms with Crippen molar-refractivity contribution in [3.05, 3.63) is 33.2 Å². The van der Waals surface area contributed by atoms with E-state index in [-0.39, 0.29) is 5.91 Å². The van der Waals surface area contributed by atoms with Gasteiger partial charge in [-0.15, -0.1) is 21.5 Å². The molecule has 126 valence electrons. The molecule has 1 aliphatic heterocycles. The van der Waals surface area contributed by atoms with Crippen molar-refractivity contribution < 1.29 is 4.79 Å². The van der Waals surface area contributed by atoms with Crippen LogP contribution in [0.15, 0.2) is 17.5 Å². The summed E-state index contributed by atoms with van der Waals surface area (Å²) in [5, 5.41) is 16.0. The summed E-state index contributed by atoms with van der Waals surface area (Å²) in [7, 11) is 0. The van der Waals surface area contributed by atoms with E-state index in [1.807, 2.05) is 22.4 Å². The fourth-order valence-corrected chi connectivity index (χ4v) is 4.88. The van der Waals surface area contributed by atoms with E-state index < -0.39 is 0 Å². The molecule has 0 radical (unpaired) electrons. The molecule has 0 aromatic carbocycles. The molecule has 1 saturated heterocycles. The summed E-state index contributed by atoms with van der Waals surface area (Å²) < 4.78 is 1.82. The molecular weight excluding hydrogens is 342 g/mol. The number of carbonyl (C=O) groups is 1. The highest BCUT2D eigenvalue weighted by Gasteiger charge is 2.26. The lowest BCUT2D eigenvalue weighted by atomic mass is 9.97. The minimum Gasteiger partial charge on any atom is -0.343 e. The summed E-state index contributed by atoms with van der Waals surface area (Å²) in [6.45, 7) is 3.57. The summed E-state index contributed by atoms with van der Waals surface area (Å²) in [4.78, 5) is 16.5. The van der Waals surface area contributed by atoms with Crippen molar-refractivity contribution in [1.82, 2.24) is 24.7 Å². The number of carbonyl (C=O) groups excluding carboxylic acids is 1. The average Bonchev–Trinajstić information content (AvgIpc) is 3.32. The third-order valence-electron chi connectivity index (χ3n) is 4.52. The van der Waals surface area contributed by atoms with Crippen molar-refractivity contribution in [1.29, 1.82) is 0 Å². The molecule has 4 rings (SSSR count). The lowest BCUT2D eigenvalue weighted by Gasteiger charge is -2.31. The maximum Gasteiger partial charge on any atom is 0.234 e. The quantitative estimate of drug-likeness (QED) is 0.717. The third-order valence-corrected chi connectivity index (χ3v) is 6.52. The zero-order valence-corrected chi connectivity index (χ0v) is 15.1. The van der Waals surface area contributed by atoms with Crippen LogP contribution in [0.3, 0.4) is 0 Å². The first-order valence-corrected chi connectivity index (χ1v) is 9.89. The molecular formula is C16H19N5OS2. The van der Waals surface area contributed by atoms with Crippen LogP contribution in [0.2, 0.25) is 0 Å². The van der Waals surface area contributed by atoms with Crippen molar-refractivity contribution >= 4 is 33.5 Å². The van der Waals surface area contributed by atoms with Crippen molar-refractivity contribution in [3.63, 3.8) is 0 Å². The Balaban J connectivity index is 1.33. The Kier molecular flexibility index (Phi) is 4.32. The first-order chi connectivity index (χ1) is 11.7. The Bertz CT molecular complexity index is 830. The van der Waals surface area contributed by atoms with Gasteiger partial charge in [-0.1, -0.05) is 17.4 Å². The normalized spacial score (nSPS) is 16.1. The van der Waals surface area contributed by atoms with Gasteiger partial charge in [0.2, 0.25) is 10.9 Å². The number of likely N-dealkylation sites (tertiary alicyclic amines) is 1. The van der Waals surface area contributed by atoms with E-state index >= 15 is 0 Å². The number of piperidine rings is 1. The van der Waals surface area contributed by atoms with Gasteiger partial charge in [0.25, 0.3) is 0 Å². The molecule has 0 aliphatic carbocycles. The van der Waals surface area contributed by atoms with Crippen molar-refractivity contribution in [2.75, 3.05) is 13.1 Å². The van der Waals surface area contributed by atoms with Crippen molar-refractivity contribution in [2.24, 2.45) is 0 Å². The van der Waals surface area contributed by atoms with Gasteiger partial charge in [0, 0.05) is 30.3 Å². The number of aromatic nitrogens is 4. The summed E-state index contributed by atoms with van der Waals surface area (Å²) >= 11 is 3.34. The Morgan fingerprint density at radius 1 is 1.33 bits per heavy atom. The zero-order chi connectivity index (χ0) is 16.5. The van der Waals surface area contributed by atoms with Gasteiger partial charge in [0.05, 0.1) is 0 Å². The number of amides is 1. The molecule has 3 aromatic rings. The number of thiophene rings is 1. The van der Waals surface area contributed by atoms with Crippen LogP contribution in [0.1, 0.15) is 40.9 Å². The lowest BCUT2D eigenvalue weighted by molar-refractivity contribution is -0.132. The predicted octanol–water partition coefficient (Wildman–Crippen LogP) is 2.89. The number of hydrogen-bond acceptors (Lipinski definition) is 6. The molecule has 0 saturated carbocycles. The van der Waals surface area contributed by atoms with Gasteiger partial charge < -0.3 is 4.90 Å². The number of nitrogens with zero attached hydrogens (tertiary/aromatic N) is 5. The molecule has 3 aromatic heterocycles. The first kappa shape index (κ1) is 15.7. The second-order valence-corrected chi connectivity index (χ2v) is 8.14. The van der Waals surface area contributed by atoms with Gasteiger partial charge in [-0.3, -0.25) is 4.79 Å². The molecule has 4 heterocycles. The number of fused-ring (bicyclic) bond motifs is 1. The molecule has 0 N–H and O–H groups in total. The Morgan fingerprint density at radius 3 is 2.88 bits per heavy atom. The SMILES string of the molecule is Cc1nnc2sc(C3CCN(C(=O)CCc4cccs4)CC3)nn12. The first-order valence-electron chi connectivity index (χ1n) is 8.19. The summed E-state index contributed by atoms with van der Waals surface area (Å²) in [5.41, 5.74) is 0. The fourth-order valence-electron chi connectivity index (χ4n) is 3.11. The smallest absolute Gasteiger partial charge is 0.234 e. The van der Waals surface area contributed by atoms with Crippen LogP contribution in [-0.2, 0) is 11.2 Å². The van der Waals surface area contributed by atoms with E-state index in [2.05, 4.69) is 26.7 Å². The molecule has 1 aliphatic rings. The maximum absolute atomic E-state index is 12.4. The Morgan fingerprint density at radius 2 is 2.17 bits per heavy atom. The molecule has 24 heavy (non-hydrogen) atoms. The largest absolute Gasteiger partial charge is 0.343 e. The molecule has 0 unspecified atom stereocenters. The Labute approximate surface area is 148 Å². The van der Waals surface area contributed by atoms with Gasteiger partial charge in [-0.2, -0.15) is 9.61 Å². The Hall–Kier alpha value is -1.80. The number of aryl methyl sites for hydroxylation is 2. The van der Waals surface area contributed by atoms with Gasteiger partial charge in [0.15, 0.2) is 5.82 Å². The van der Waals surface area contributed by atoms with Gasteiger partial charge >= 0.3 is 0 Å². The maximum atomic E-state index is 12.4.